The lowest BCUT2D eigenvalue weighted by Crippen LogP contribution is -2.49. The minimum absolute atomic E-state index is 0.0651. The van der Waals surface area contributed by atoms with Gasteiger partial charge in [-0.05, 0) is 56.4 Å². The number of nitrogens with zero attached hydrogens (tertiary/aromatic N) is 2. The Hall–Kier alpha value is -2.86. The molecule has 6 heteroatoms. The quantitative estimate of drug-likeness (QED) is 0.887. The molecule has 3 rings (SSSR count). The Morgan fingerprint density at radius 2 is 1.85 bits per heavy atom. The lowest BCUT2D eigenvalue weighted by atomic mass is 9.97. The van der Waals surface area contributed by atoms with Crippen LogP contribution >= 0.6 is 0 Å². The molecule has 0 aromatic heterocycles. The van der Waals surface area contributed by atoms with Crippen LogP contribution in [0.25, 0.3) is 0 Å². The van der Waals surface area contributed by atoms with Crippen molar-refractivity contribution in [3.05, 3.63) is 59.7 Å². The molecule has 26 heavy (non-hydrogen) atoms. The maximum absolute atomic E-state index is 12.8. The fraction of sp³-hybridized carbons (Fsp3) is 0.300. The number of nitrogens with two attached hydrogens (primary N) is 1. The highest BCUT2D eigenvalue weighted by molar-refractivity contribution is 5.96. The molecular formula is C20H23N3O3. The van der Waals surface area contributed by atoms with E-state index in [9.17, 15) is 9.59 Å². The predicted octanol–water partition coefficient (Wildman–Crippen LogP) is 1.68. The van der Waals surface area contributed by atoms with Crippen molar-refractivity contribution in [2.75, 3.05) is 32.1 Å². The largest absolute Gasteiger partial charge is 0.484 e. The van der Waals surface area contributed by atoms with Crippen molar-refractivity contribution in [3.63, 3.8) is 0 Å². The minimum Gasteiger partial charge on any atom is -0.484 e. The van der Waals surface area contributed by atoms with E-state index in [2.05, 4.69) is 11.0 Å². The predicted molar refractivity (Wildman–Crippen MR) is 100 cm³/mol. The van der Waals surface area contributed by atoms with Crippen LogP contribution in [-0.2, 0) is 11.2 Å². The van der Waals surface area contributed by atoms with Gasteiger partial charge in [-0.1, -0.05) is 18.2 Å². The molecule has 0 saturated carbocycles. The number of fused-ring (bicyclic) bond motifs is 1. The Balaban J connectivity index is 1.71. The van der Waals surface area contributed by atoms with Crippen LogP contribution < -0.4 is 15.4 Å². The van der Waals surface area contributed by atoms with Crippen LogP contribution in [0.4, 0.5) is 5.69 Å². The molecule has 2 N–H and O–H groups in total. The Morgan fingerprint density at radius 1 is 1.15 bits per heavy atom. The number of carbonyl (C=O) groups is 2. The van der Waals surface area contributed by atoms with Gasteiger partial charge in [0.2, 0.25) is 5.91 Å². The van der Waals surface area contributed by atoms with Gasteiger partial charge < -0.3 is 20.3 Å². The van der Waals surface area contributed by atoms with Crippen molar-refractivity contribution in [3.8, 4) is 5.75 Å². The van der Waals surface area contributed by atoms with Crippen molar-refractivity contribution in [1.29, 1.82) is 0 Å². The van der Waals surface area contributed by atoms with Gasteiger partial charge in [-0.2, -0.15) is 0 Å². The zero-order valence-corrected chi connectivity index (χ0v) is 15.0. The first-order valence-corrected chi connectivity index (χ1v) is 8.53. The maximum atomic E-state index is 12.8. The SMILES string of the molecule is CN(C)C1Cc2ccccc2N(C(=O)COc2ccc(C(N)=O)cc2)C1. The molecule has 6 nitrogen and oxygen atoms in total. The second-order valence-corrected chi connectivity index (χ2v) is 6.63. The van der Waals surface area contributed by atoms with E-state index in [1.54, 1.807) is 29.2 Å². The third-order valence-electron chi connectivity index (χ3n) is 4.66. The van der Waals surface area contributed by atoms with Crippen LogP contribution in [0.15, 0.2) is 48.5 Å². The van der Waals surface area contributed by atoms with Gasteiger partial charge in [0.05, 0.1) is 0 Å². The Morgan fingerprint density at radius 3 is 2.50 bits per heavy atom. The molecule has 0 saturated heterocycles. The third kappa shape index (κ3) is 3.86. The summed E-state index contributed by atoms with van der Waals surface area (Å²) < 4.78 is 5.61. The maximum Gasteiger partial charge on any atom is 0.264 e. The number of rotatable bonds is 5. The van der Waals surface area contributed by atoms with Gasteiger partial charge in [-0.3, -0.25) is 9.59 Å². The molecule has 0 bridgehead atoms. The summed E-state index contributed by atoms with van der Waals surface area (Å²) in [5.74, 6) is -0.0620. The topological polar surface area (TPSA) is 75.9 Å². The molecule has 0 aliphatic carbocycles. The average molecular weight is 353 g/mol. The number of hydrogen-bond donors (Lipinski definition) is 1. The normalized spacial score (nSPS) is 16.3. The molecule has 1 aliphatic heterocycles. The number of ether oxygens (including phenoxy) is 1. The minimum atomic E-state index is -0.493. The summed E-state index contributed by atoms with van der Waals surface area (Å²) in [7, 11) is 4.05. The first-order chi connectivity index (χ1) is 12.5. The first kappa shape index (κ1) is 17.9. The first-order valence-electron chi connectivity index (χ1n) is 8.53. The van der Waals surface area contributed by atoms with Crippen molar-refractivity contribution in [1.82, 2.24) is 4.90 Å². The molecule has 2 aromatic carbocycles. The highest BCUT2D eigenvalue weighted by Crippen LogP contribution is 2.28. The molecule has 1 aliphatic rings. The van der Waals surface area contributed by atoms with Crippen molar-refractivity contribution < 1.29 is 14.3 Å². The molecule has 0 spiro atoms. The molecule has 1 atom stereocenters. The van der Waals surface area contributed by atoms with Gasteiger partial charge >= 0.3 is 0 Å². The van der Waals surface area contributed by atoms with Crippen LogP contribution in [0.3, 0.4) is 0 Å². The van der Waals surface area contributed by atoms with E-state index in [0.717, 1.165) is 17.7 Å². The highest BCUT2D eigenvalue weighted by Gasteiger charge is 2.29. The summed E-state index contributed by atoms with van der Waals surface area (Å²) in [6.07, 6.45) is 0.919. The fourth-order valence-corrected chi connectivity index (χ4v) is 3.09. The molecule has 0 fully saturated rings. The number of likely N-dealkylation sites (N-methyl/N-ethyl adjacent to an activating group) is 1. The Kier molecular flexibility index (Phi) is 5.23. The molecule has 2 aromatic rings. The molecular weight excluding hydrogens is 330 g/mol. The van der Waals surface area contributed by atoms with E-state index in [0.29, 0.717) is 17.9 Å². The Labute approximate surface area is 153 Å². The van der Waals surface area contributed by atoms with Gasteiger partial charge in [0.1, 0.15) is 5.75 Å². The summed E-state index contributed by atoms with van der Waals surface area (Å²) in [5, 5.41) is 0. The number of benzene rings is 2. The summed E-state index contributed by atoms with van der Waals surface area (Å²) in [4.78, 5) is 27.8. The van der Waals surface area contributed by atoms with E-state index >= 15 is 0 Å². The van der Waals surface area contributed by atoms with Crippen LogP contribution in [0.5, 0.6) is 5.75 Å². The van der Waals surface area contributed by atoms with Crippen LogP contribution in [0, 0.1) is 0 Å². The van der Waals surface area contributed by atoms with Crippen LogP contribution in [0.2, 0.25) is 0 Å². The van der Waals surface area contributed by atoms with Gasteiger partial charge in [0.15, 0.2) is 6.61 Å². The summed E-state index contributed by atoms with van der Waals surface area (Å²) in [6.45, 7) is 0.567. The Bertz CT molecular complexity index is 802. The average Bonchev–Trinajstić information content (AvgIpc) is 2.65. The lowest BCUT2D eigenvalue weighted by molar-refractivity contribution is -0.120. The molecule has 1 heterocycles. The lowest BCUT2D eigenvalue weighted by Gasteiger charge is -2.37. The number of carbonyl (C=O) groups excluding carboxylic acids is 2. The van der Waals surface area contributed by atoms with Gasteiger partial charge in [0, 0.05) is 23.8 Å². The number of hydrogen-bond acceptors (Lipinski definition) is 4. The second kappa shape index (κ2) is 7.58. The molecule has 2 amide bonds. The van der Waals surface area contributed by atoms with E-state index in [1.165, 1.54) is 0 Å². The number of amides is 2. The van der Waals surface area contributed by atoms with E-state index in [1.807, 2.05) is 32.3 Å². The fourth-order valence-electron chi connectivity index (χ4n) is 3.09. The zero-order valence-electron chi connectivity index (χ0n) is 15.0. The second-order valence-electron chi connectivity index (χ2n) is 6.63. The summed E-state index contributed by atoms with van der Waals surface area (Å²) >= 11 is 0. The van der Waals surface area contributed by atoms with Crippen molar-refractivity contribution >= 4 is 17.5 Å². The van der Waals surface area contributed by atoms with E-state index in [-0.39, 0.29) is 18.6 Å². The van der Waals surface area contributed by atoms with E-state index in [4.69, 9.17) is 10.5 Å². The van der Waals surface area contributed by atoms with E-state index < -0.39 is 5.91 Å². The standard InChI is InChI=1S/C20H23N3O3/c1-22(2)16-11-15-5-3-4-6-18(15)23(12-16)19(24)13-26-17-9-7-14(8-10-17)20(21)25/h3-10,16H,11-13H2,1-2H3,(H2,21,25). The van der Waals surface area contributed by atoms with Gasteiger partial charge in [-0.25, -0.2) is 0 Å². The number of anilines is 1. The monoisotopic (exact) mass is 353 g/mol. The smallest absolute Gasteiger partial charge is 0.264 e. The van der Waals surface area contributed by atoms with Gasteiger partial charge in [0.25, 0.3) is 5.91 Å². The molecule has 136 valence electrons. The number of para-hydroxylation sites is 1. The molecule has 0 radical (unpaired) electrons. The van der Waals surface area contributed by atoms with Crippen molar-refractivity contribution in [2.24, 2.45) is 5.73 Å². The summed E-state index contributed by atoms with van der Waals surface area (Å²) in [5.41, 5.74) is 7.74. The third-order valence-corrected chi connectivity index (χ3v) is 4.66. The highest BCUT2D eigenvalue weighted by atomic mass is 16.5. The zero-order chi connectivity index (χ0) is 18.7. The van der Waals surface area contributed by atoms with Gasteiger partial charge in [-0.15, -0.1) is 0 Å². The van der Waals surface area contributed by atoms with Crippen molar-refractivity contribution in [2.45, 2.75) is 12.5 Å². The number of primary amides is 1. The molecule has 1 unspecified atom stereocenters. The van der Waals surface area contributed by atoms with Crippen LogP contribution in [0.1, 0.15) is 15.9 Å². The summed E-state index contributed by atoms with van der Waals surface area (Å²) in [6, 6.07) is 14.7. The van der Waals surface area contributed by atoms with Crippen LogP contribution in [-0.4, -0.2) is 50.0 Å².